The molecule has 5 aromatic carbocycles. The standard InChI is InChI=1S/C39H38N2O2/c1-43-39(42)34-22-23-35-29-40(26-24-36(30-14-6-2-7-15-30)31-16-8-3-9-17-31)41(38(35)28-34)27-25-37(32-18-10-4-11-19-32)33-20-12-5-13-21-33/h2-23,28,36-37H,24-27,29H2,1H3. The van der Waals surface area contributed by atoms with Gasteiger partial charge < -0.3 is 9.75 Å². The van der Waals surface area contributed by atoms with Gasteiger partial charge in [0.2, 0.25) is 0 Å². The van der Waals surface area contributed by atoms with Gasteiger partial charge in [-0.2, -0.15) is 0 Å². The van der Waals surface area contributed by atoms with Crippen molar-refractivity contribution in [3.63, 3.8) is 0 Å². The summed E-state index contributed by atoms with van der Waals surface area (Å²) in [5.41, 5.74) is 8.21. The minimum absolute atomic E-state index is 0.262. The Bertz CT molecular complexity index is 1530. The Labute approximate surface area is 255 Å². The van der Waals surface area contributed by atoms with Crippen molar-refractivity contribution in [1.82, 2.24) is 5.01 Å². The number of anilines is 1. The second-order valence-corrected chi connectivity index (χ2v) is 11.2. The molecule has 0 bridgehead atoms. The van der Waals surface area contributed by atoms with E-state index in [0.717, 1.165) is 38.2 Å². The zero-order valence-corrected chi connectivity index (χ0v) is 24.7. The molecule has 43 heavy (non-hydrogen) atoms. The molecule has 4 heteroatoms. The third-order valence-corrected chi connectivity index (χ3v) is 8.59. The number of methoxy groups -OCH3 is 1. The largest absolute Gasteiger partial charge is 0.465 e. The summed E-state index contributed by atoms with van der Waals surface area (Å²) in [6.45, 7) is 2.53. The first-order chi connectivity index (χ1) is 21.2. The molecule has 0 radical (unpaired) electrons. The number of hydrazine groups is 1. The van der Waals surface area contributed by atoms with Crippen LogP contribution >= 0.6 is 0 Å². The molecule has 0 N–H and O–H groups in total. The van der Waals surface area contributed by atoms with E-state index in [1.54, 1.807) is 0 Å². The molecular weight excluding hydrogens is 528 g/mol. The average molecular weight is 567 g/mol. The van der Waals surface area contributed by atoms with Crippen LogP contribution in [-0.2, 0) is 11.3 Å². The van der Waals surface area contributed by atoms with Crippen LogP contribution in [0.2, 0.25) is 0 Å². The van der Waals surface area contributed by atoms with Crippen molar-refractivity contribution < 1.29 is 9.53 Å². The highest BCUT2D eigenvalue weighted by molar-refractivity contribution is 5.91. The van der Waals surface area contributed by atoms with Crippen LogP contribution in [-0.4, -0.2) is 31.2 Å². The summed E-state index contributed by atoms with van der Waals surface area (Å²) in [7, 11) is 1.44. The summed E-state index contributed by atoms with van der Waals surface area (Å²) in [6.07, 6.45) is 1.91. The van der Waals surface area contributed by atoms with E-state index in [4.69, 9.17) is 4.74 Å². The van der Waals surface area contributed by atoms with Crippen molar-refractivity contribution in [2.24, 2.45) is 0 Å². The molecule has 0 fully saturated rings. The molecule has 1 aliphatic heterocycles. The van der Waals surface area contributed by atoms with Crippen LogP contribution in [0.15, 0.2) is 140 Å². The lowest BCUT2D eigenvalue weighted by atomic mass is 9.88. The van der Waals surface area contributed by atoms with Crippen molar-refractivity contribution in [3.05, 3.63) is 173 Å². The molecular formula is C39H38N2O2. The number of hydrogen-bond acceptors (Lipinski definition) is 4. The van der Waals surface area contributed by atoms with Gasteiger partial charge in [0.15, 0.2) is 0 Å². The fourth-order valence-electron chi connectivity index (χ4n) is 6.40. The van der Waals surface area contributed by atoms with Gasteiger partial charge in [0, 0.05) is 31.5 Å². The third kappa shape index (κ3) is 6.55. The Morgan fingerprint density at radius 2 is 1.07 bits per heavy atom. The molecule has 1 aliphatic rings. The van der Waals surface area contributed by atoms with Crippen molar-refractivity contribution in [1.29, 1.82) is 0 Å². The highest BCUT2D eigenvalue weighted by Gasteiger charge is 2.30. The van der Waals surface area contributed by atoms with Gasteiger partial charge in [-0.1, -0.05) is 127 Å². The first kappa shape index (κ1) is 28.4. The number of hydrogen-bond donors (Lipinski definition) is 0. The van der Waals surface area contributed by atoms with Crippen molar-refractivity contribution in [2.75, 3.05) is 25.2 Å². The molecule has 0 amide bonds. The van der Waals surface area contributed by atoms with Crippen LogP contribution in [0.5, 0.6) is 0 Å². The Kier molecular flexibility index (Phi) is 8.96. The van der Waals surface area contributed by atoms with E-state index in [9.17, 15) is 4.79 Å². The monoisotopic (exact) mass is 566 g/mol. The second kappa shape index (κ2) is 13.5. The first-order valence-corrected chi connectivity index (χ1v) is 15.1. The number of ether oxygens (including phenoxy) is 1. The molecule has 0 unspecified atom stereocenters. The summed E-state index contributed by atoms with van der Waals surface area (Å²) in [4.78, 5) is 12.5. The quantitative estimate of drug-likeness (QED) is 0.150. The Morgan fingerprint density at radius 3 is 1.51 bits per heavy atom. The molecule has 0 saturated heterocycles. The lowest BCUT2D eigenvalue weighted by Gasteiger charge is -2.33. The molecule has 0 atom stereocenters. The Morgan fingerprint density at radius 1 is 0.628 bits per heavy atom. The van der Waals surface area contributed by atoms with Crippen LogP contribution < -0.4 is 5.01 Å². The van der Waals surface area contributed by atoms with Crippen LogP contribution in [0.3, 0.4) is 0 Å². The van der Waals surface area contributed by atoms with Crippen molar-refractivity contribution in [3.8, 4) is 0 Å². The molecule has 1 heterocycles. The van der Waals surface area contributed by atoms with Crippen LogP contribution in [0.25, 0.3) is 0 Å². The van der Waals surface area contributed by atoms with Gasteiger partial charge in [0.05, 0.1) is 18.4 Å². The Hall–Kier alpha value is -4.67. The maximum atomic E-state index is 12.5. The van der Waals surface area contributed by atoms with Crippen LogP contribution in [0.4, 0.5) is 5.69 Å². The SMILES string of the molecule is COC(=O)c1ccc2c(c1)N(CCC(c1ccccc1)c1ccccc1)N(CCC(c1ccccc1)c1ccccc1)C2. The van der Waals surface area contributed by atoms with Gasteiger partial charge in [-0.3, -0.25) is 0 Å². The molecule has 0 aromatic heterocycles. The minimum atomic E-state index is -0.305. The Balaban J connectivity index is 1.30. The lowest BCUT2D eigenvalue weighted by Crippen LogP contribution is -2.40. The topological polar surface area (TPSA) is 32.8 Å². The maximum Gasteiger partial charge on any atom is 0.337 e. The summed E-state index contributed by atoms with van der Waals surface area (Å²) >= 11 is 0. The van der Waals surface area contributed by atoms with Crippen molar-refractivity contribution >= 4 is 11.7 Å². The van der Waals surface area contributed by atoms with Gasteiger partial charge in [-0.15, -0.1) is 0 Å². The lowest BCUT2D eigenvalue weighted by molar-refractivity contribution is 0.0600. The average Bonchev–Trinajstić information content (AvgIpc) is 3.43. The van der Waals surface area contributed by atoms with Gasteiger partial charge in [-0.25, -0.2) is 9.80 Å². The number of fused-ring (bicyclic) bond motifs is 1. The van der Waals surface area contributed by atoms with E-state index < -0.39 is 0 Å². The second-order valence-electron chi connectivity index (χ2n) is 11.2. The summed E-state index contributed by atoms with van der Waals surface area (Å²) in [5, 5.41) is 4.88. The highest BCUT2D eigenvalue weighted by Crippen LogP contribution is 2.37. The van der Waals surface area contributed by atoms with E-state index in [2.05, 4.69) is 137 Å². The molecule has 0 aliphatic carbocycles. The number of nitrogens with zero attached hydrogens (tertiary/aromatic N) is 2. The van der Waals surface area contributed by atoms with E-state index in [1.165, 1.54) is 34.9 Å². The molecule has 216 valence electrons. The van der Waals surface area contributed by atoms with Gasteiger partial charge in [-0.05, 0) is 52.8 Å². The molecule has 0 spiro atoms. The highest BCUT2D eigenvalue weighted by atomic mass is 16.5. The molecule has 6 rings (SSSR count). The third-order valence-electron chi connectivity index (χ3n) is 8.59. The van der Waals surface area contributed by atoms with Gasteiger partial charge in [0.1, 0.15) is 0 Å². The smallest absolute Gasteiger partial charge is 0.337 e. The van der Waals surface area contributed by atoms with Crippen molar-refractivity contribution in [2.45, 2.75) is 31.2 Å². The van der Waals surface area contributed by atoms with E-state index in [-0.39, 0.29) is 11.9 Å². The predicted octanol–water partition coefficient (Wildman–Crippen LogP) is 8.45. The number of carbonyl (C=O) groups is 1. The number of benzene rings is 5. The number of carbonyl (C=O) groups excluding carboxylic acids is 1. The van der Waals surface area contributed by atoms with E-state index in [0.29, 0.717) is 11.5 Å². The van der Waals surface area contributed by atoms with Gasteiger partial charge in [0.25, 0.3) is 0 Å². The van der Waals surface area contributed by atoms with Crippen LogP contribution in [0, 0.1) is 0 Å². The van der Waals surface area contributed by atoms with E-state index >= 15 is 0 Å². The summed E-state index contributed by atoms with van der Waals surface area (Å²) < 4.78 is 5.08. The summed E-state index contributed by atoms with van der Waals surface area (Å²) in [5.74, 6) is 0.249. The van der Waals surface area contributed by atoms with Crippen LogP contribution in [0.1, 0.15) is 62.9 Å². The number of esters is 1. The first-order valence-electron chi connectivity index (χ1n) is 15.1. The zero-order valence-electron chi connectivity index (χ0n) is 24.7. The maximum absolute atomic E-state index is 12.5. The molecule has 0 saturated carbocycles. The van der Waals surface area contributed by atoms with E-state index in [1.807, 2.05) is 12.1 Å². The normalized spacial score (nSPS) is 13.0. The molecule has 5 aromatic rings. The molecule has 4 nitrogen and oxygen atoms in total. The fourth-order valence-corrected chi connectivity index (χ4v) is 6.40. The number of rotatable bonds is 11. The minimum Gasteiger partial charge on any atom is -0.465 e. The fraction of sp³-hybridized carbons (Fsp3) is 0.205. The van der Waals surface area contributed by atoms with Gasteiger partial charge >= 0.3 is 5.97 Å². The zero-order chi connectivity index (χ0) is 29.4. The summed E-state index contributed by atoms with van der Waals surface area (Å²) in [6, 6.07) is 49.2. The predicted molar refractivity (Wildman–Crippen MR) is 174 cm³/mol.